The lowest BCUT2D eigenvalue weighted by Gasteiger charge is -2.14. The fourth-order valence-corrected chi connectivity index (χ4v) is 1.36. The van der Waals surface area contributed by atoms with E-state index in [1.54, 1.807) is 19.2 Å². The van der Waals surface area contributed by atoms with Crippen LogP contribution in [0.25, 0.3) is 0 Å². The maximum absolute atomic E-state index is 9.54. The van der Waals surface area contributed by atoms with Gasteiger partial charge in [0.25, 0.3) is 0 Å². The molecule has 1 unspecified atom stereocenters. The summed E-state index contributed by atoms with van der Waals surface area (Å²) < 4.78 is 9.95. The van der Waals surface area contributed by atoms with Crippen LogP contribution in [0.3, 0.4) is 0 Å². The van der Waals surface area contributed by atoms with Crippen molar-refractivity contribution >= 4 is 5.69 Å². The second-order valence-electron chi connectivity index (χ2n) is 3.39. The molecule has 0 spiro atoms. The number of phenolic OH excluding ortho intramolecular Hbond substituents is 1. The first kappa shape index (κ1) is 11.7. The fraction of sp³-hybridized carbons (Fsp3) is 0.455. The van der Waals surface area contributed by atoms with E-state index in [-0.39, 0.29) is 11.8 Å². The zero-order valence-electron chi connectivity index (χ0n) is 9.28. The second-order valence-corrected chi connectivity index (χ2v) is 3.39. The van der Waals surface area contributed by atoms with Crippen LogP contribution in [-0.4, -0.2) is 32.0 Å². The molecule has 15 heavy (non-hydrogen) atoms. The van der Waals surface area contributed by atoms with E-state index in [4.69, 9.17) is 9.47 Å². The second kappa shape index (κ2) is 5.46. The third kappa shape index (κ3) is 3.32. The normalized spacial score (nSPS) is 12.2. The lowest BCUT2D eigenvalue weighted by atomic mass is 10.2. The Morgan fingerprint density at radius 3 is 2.67 bits per heavy atom. The molecule has 1 rings (SSSR count). The Morgan fingerprint density at radius 1 is 1.40 bits per heavy atom. The smallest absolute Gasteiger partial charge is 0.160 e. The first-order chi connectivity index (χ1) is 7.17. The number of aromatic hydroxyl groups is 1. The molecule has 1 aromatic rings. The van der Waals surface area contributed by atoms with Crippen LogP contribution < -0.4 is 10.1 Å². The van der Waals surface area contributed by atoms with Crippen LogP contribution in [0.4, 0.5) is 5.69 Å². The van der Waals surface area contributed by atoms with E-state index in [1.807, 2.05) is 13.0 Å². The number of ether oxygens (including phenoxy) is 2. The van der Waals surface area contributed by atoms with Gasteiger partial charge in [-0.05, 0) is 19.1 Å². The van der Waals surface area contributed by atoms with Gasteiger partial charge in [0, 0.05) is 24.9 Å². The Labute approximate surface area is 89.8 Å². The van der Waals surface area contributed by atoms with Crippen LogP contribution >= 0.6 is 0 Å². The zero-order valence-corrected chi connectivity index (χ0v) is 9.28. The van der Waals surface area contributed by atoms with Crippen molar-refractivity contribution in [1.29, 1.82) is 0 Å². The van der Waals surface area contributed by atoms with Crippen molar-refractivity contribution in [3.63, 3.8) is 0 Å². The highest BCUT2D eigenvalue weighted by molar-refractivity contribution is 5.54. The molecule has 1 aromatic carbocycles. The van der Waals surface area contributed by atoms with Gasteiger partial charge >= 0.3 is 0 Å². The Bertz CT molecular complexity index is 315. The Balaban J connectivity index is 2.66. The highest BCUT2D eigenvalue weighted by Gasteiger charge is 2.05. The number of methoxy groups -OCH3 is 2. The van der Waals surface area contributed by atoms with Crippen LogP contribution in [0.5, 0.6) is 11.5 Å². The van der Waals surface area contributed by atoms with E-state index in [0.29, 0.717) is 12.4 Å². The molecule has 0 aromatic heterocycles. The van der Waals surface area contributed by atoms with Gasteiger partial charge in [0.1, 0.15) is 0 Å². The van der Waals surface area contributed by atoms with E-state index >= 15 is 0 Å². The summed E-state index contributed by atoms with van der Waals surface area (Å²) in [5.41, 5.74) is 0.845. The fourth-order valence-electron chi connectivity index (χ4n) is 1.36. The first-order valence-corrected chi connectivity index (χ1v) is 4.80. The minimum Gasteiger partial charge on any atom is -0.504 e. The highest BCUT2D eigenvalue weighted by Crippen LogP contribution is 2.28. The molecule has 4 heteroatoms. The quantitative estimate of drug-likeness (QED) is 0.780. The summed E-state index contributed by atoms with van der Waals surface area (Å²) in [6.45, 7) is 2.62. The predicted molar refractivity (Wildman–Crippen MR) is 59.6 cm³/mol. The number of anilines is 1. The summed E-state index contributed by atoms with van der Waals surface area (Å²) in [6.07, 6.45) is 0. The van der Waals surface area contributed by atoms with Crippen molar-refractivity contribution in [1.82, 2.24) is 0 Å². The Hall–Kier alpha value is -1.42. The maximum Gasteiger partial charge on any atom is 0.160 e. The number of rotatable bonds is 5. The first-order valence-electron chi connectivity index (χ1n) is 4.80. The SMILES string of the molecule is COCC(C)Nc1ccc(OC)c(O)c1. The van der Waals surface area contributed by atoms with Crippen LogP contribution in [-0.2, 0) is 4.74 Å². The van der Waals surface area contributed by atoms with Crippen molar-refractivity contribution in [2.45, 2.75) is 13.0 Å². The highest BCUT2D eigenvalue weighted by atomic mass is 16.5. The zero-order chi connectivity index (χ0) is 11.3. The molecule has 0 radical (unpaired) electrons. The monoisotopic (exact) mass is 211 g/mol. The van der Waals surface area contributed by atoms with Crippen LogP contribution in [0, 0.1) is 0 Å². The van der Waals surface area contributed by atoms with Crippen LogP contribution in [0.2, 0.25) is 0 Å². The molecule has 2 N–H and O–H groups in total. The van der Waals surface area contributed by atoms with Crippen LogP contribution in [0.15, 0.2) is 18.2 Å². The molecule has 0 aliphatic heterocycles. The molecule has 0 bridgehead atoms. The molecular formula is C11H17NO3. The standard InChI is InChI=1S/C11H17NO3/c1-8(7-14-2)12-9-4-5-11(15-3)10(13)6-9/h4-6,8,12-13H,7H2,1-3H3. The summed E-state index contributed by atoms with van der Waals surface area (Å²) in [6, 6.07) is 5.40. The van der Waals surface area contributed by atoms with Gasteiger partial charge in [-0.2, -0.15) is 0 Å². The number of nitrogens with one attached hydrogen (secondary N) is 1. The van der Waals surface area contributed by atoms with Crippen molar-refractivity contribution in [3.8, 4) is 11.5 Å². The summed E-state index contributed by atoms with van der Waals surface area (Å²) in [5.74, 6) is 0.604. The molecule has 0 amide bonds. The minimum atomic E-state index is 0.132. The molecule has 84 valence electrons. The van der Waals surface area contributed by atoms with Crippen molar-refractivity contribution in [2.24, 2.45) is 0 Å². The molecule has 0 saturated heterocycles. The van der Waals surface area contributed by atoms with E-state index in [9.17, 15) is 5.11 Å². The topological polar surface area (TPSA) is 50.7 Å². The number of hydrogen-bond donors (Lipinski definition) is 2. The van der Waals surface area contributed by atoms with Gasteiger partial charge in [-0.15, -0.1) is 0 Å². The average molecular weight is 211 g/mol. The largest absolute Gasteiger partial charge is 0.504 e. The van der Waals surface area contributed by atoms with Crippen LogP contribution in [0.1, 0.15) is 6.92 Å². The Morgan fingerprint density at radius 2 is 2.13 bits per heavy atom. The molecule has 1 atom stereocenters. The van der Waals surface area contributed by atoms with Crippen molar-refractivity contribution < 1.29 is 14.6 Å². The molecule has 0 saturated carbocycles. The third-order valence-corrected chi connectivity index (χ3v) is 2.01. The summed E-state index contributed by atoms with van der Waals surface area (Å²) >= 11 is 0. The number of hydrogen-bond acceptors (Lipinski definition) is 4. The maximum atomic E-state index is 9.54. The van der Waals surface area contributed by atoms with E-state index in [2.05, 4.69) is 5.32 Å². The summed E-state index contributed by atoms with van der Waals surface area (Å²) in [4.78, 5) is 0. The lowest BCUT2D eigenvalue weighted by Crippen LogP contribution is -2.20. The van der Waals surface area contributed by atoms with Gasteiger partial charge in [0.2, 0.25) is 0 Å². The predicted octanol–water partition coefficient (Wildman–Crippen LogP) is 1.85. The van der Waals surface area contributed by atoms with Crippen molar-refractivity contribution in [2.75, 3.05) is 26.1 Å². The molecular weight excluding hydrogens is 194 g/mol. The molecule has 0 aliphatic rings. The van der Waals surface area contributed by atoms with Gasteiger partial charge in [-0.25, -0.2) is 0 Å². The molecule has 0 heterocycles. The van der Waals surface area contributed by atoms with Gasteiger partial charge in [-0.1, -0.05) is 0 Å². The summed E-state index contributed by atoms with van der Waals surface area (Å²) in [7, 11) is 3.18. The lowest BCUT2D eigenvalue weighted by molar-refractivity contribution is 0.190. The van der Waals surface area contributed by atoms with Gasteiger partial charge in [0.05, 0.1) is 13.7 Å². The molecule has 4 nitrogen and oxygen atoms in total. The Kier molecular flexibility index (Phi) is 4.24. The number of benzene rings is 1. The van der Waals surface area contributed by atoms with E-state index < -0.39 is 0 Å². The van der Waals surface area contributed by atoms with E-state index in [0.717, 1.165) is 5.69 Å². The van der Waals surface area contributed by atoms with Crippen molar-refractivity contribution in [3.05, 3.63) is 18.2 Å². The molecule has 0 fully saturated rings. The number of phenols is 1. The minimum absolute atomic E-state index is 0.132. The van der Waals surface area contributed by atoms with Gasteiger partial charge in [0.15, 0.2) is 11.5 Å². The summed E-state index contributed by atoms with van der Waals surface area (Å²) in [5, 5.41) is 12.7. The van der Waals surface area contributed by atoms with Gasteiger partial charge in [-0.3, -0.25) is 0 Å². The molecule has 0 aliphatic carbocycles. The van der Waals surface area contributed by atoms with Gasteiger partial charge < -0.3 is 19.9 Å². The van der Waals surface area contributed by atoms with E-state index in [1.165, 1.54) is 7.11 Å². The average Bonchev–Trinajstić information content (AvgIpc) is 2.18. The third-order valence-electron chi connectivity index (χ3n) is 2.01.